The highest BCUT2D eigenvalue weighted by molar-refractivity contribution is 6.45. The summed E-state index contributed by atoms with van der Waals surface area (Å²) in [6.45, 7) is 0. The zero-order valence-electron chi connectivity index (χ0n) is 2.90. The first-order chi connectivity index (χ1) is 2.94. The Morgan fingerprint density at radius 2 is 1.86 bits per heavy atom. The van der Waals surface area contributed by atoms with Crippen LogP contribution in [0.25, 0.3) is 0 Å². The van der Waals surface area contributed by atoms with E-state index >= 15 is 0 Å². The van der Waals surface area contributed by atoms with Crippen LogP contribution in [-0.4, -0.2) is 9.63 Å². The number of rotatable bonds is 1. The Morgan fingerprint density at radius 1 is 1.71 bits per heavy atom. The molecule has 0 rings (SSSR count). The maximum Gasteiger partial charge on any atom is 0.520 e. The smallest absolute Gasteiger partial charge is 0.259 e. The van der Waals surface area contributed by atoms with Crippen molar-refractivity contribution in [1.29, 1.82) is 0 Å². The molecule has 0 spiro atoms. The van der Waals surface area contributed by atoms with E-state index in [1.807, 2.05) is 0 Å². The Balaban J connectivity index is 3.79. The van der Waals surface area contributed by atoms with Crippen LogP contribution in [0.5, 0.6) is 0 Å². The van der Waals surface area contributed by atoms with E-state index < -0.39 is 9.63 Å². The van der Waals surface area contributed by atoms with Gasteiger partial charge < -0.3 is 0 Å². The summed E-state index contributed by atoms with van der Waals surface area (Å²) in [6, 6.07) is 0. The second-order valence-corrected chi connectivity index (χ2v) is 1.92. The second-order valence-electron chi connectivity index (χ2n) is 0.725. The fraction of sp³-hybridized carbons (Fsp3) is 1.00. The van der Waals surface area contributed by atoms with Crippen LogP contribution in [0.15, 0.2) is 0 Å². The van der Waals surface area contributed by atoms with Crippen molar-refractivity contribution in [3.05, 3.63) is 10.1 Å². The van der Waals surface area contributed by atoms with Crippen LogP contribution < -0.4 is 0 Å². The van der Waals surface area contributed by atoms with Gasteiger partial charge in [-0.2, -0.15) is 0 Å². The zero-order chi connectivity index (χ0) is 6.08. The van der Waals surface area contributed by atoms with Gasteiger partial charge in [0.1, 0.15) is 0 Å². The molecular weight excluding hydrogens is 148 g/mol. The highest BCUT2D eigenvalue weighted by Crippen LogP contribution is 2.21. The summed E-state index contributed by atoms with van der Waals surface area (Å²) >= 11 is 8.54. The molecule has 0 aromatic rings. The predicted octanol–water partition coefficient (Wildman–Crippen LogP) is 1.32. The zero-order valence-corrected chi connectivity index (χ0v) is 4.41. The molecule has 0 aliphatic rings. The maximum atomic E-state index is 11.3. The van der Waals surface area contributed by atoms with Crippen LogP contribution in [0, 0.1) is 10.1 Å². The Labute approximate surface area is 48.2 Å². The molecule has 0 saturated heterocycles. The fourth-order valence-corrected chi connectivity index (χ4v) is 0. The van der Waals surface area contributed by atoms with Gasteiger partial charge in [-0.05, 0) is 0 Å². The first-order valence-electron chi connectivity index (χ1n) is 1.16. The van der Waals surface area contributed by atoms with Gasteiger partial charge in [0, 0.05) is 23.2 Å². The van der Waals surface area contributed by atoms with Crippen LogP contribution in [-0.2, 0) is 0 Å². The normalized spacial score (nSPS) is 11.3. The van der Waals surface area contributed by atoms with Crippen LogP contribution in [0.2, 0.25) is 0 Å². The summed E-state index contributed by atoms with van der Waals surface area (Å²) < 4.78 is 8.01. The van der Waals surface area contributed by atoms with Crippen molar-refractivity contribution in [1.82, 2.24) is 0 Å². The highest BCUT2D eigenvalue weighted by Gasteiger charge is 2.37. The van der Waals surface area contributed by atoms with Crippen molar-refractivity contribution < 1.29 is 9.31 Å². The number of halogens is 3. The minimum atomic E-state index is -3.33. The molecule has 0 fully saturated rings. The molecule has 0 saturated carbocycles. The van der Waals surface area contributed by atoms with Crippen molar-refractivity contribution in [3.63, 3.8) is 0 Å². The number of hydrogen-bond acceptors (Lipinski definition) is 2. The molecule has 0 amide bonds. The molecule has 0 aromatic carbocycles. The molecule has 0 heterocycles. The van der Waals surface area contributed by atoms with Gasteiger partial charge in [0.2, 0.25) is 0 Å². The SMILES string of the molecule is O=[N+]([O-])C(F)(Cl)Cl. The third-order valence-corrected chi connectivity index (χ3v) is 0.483. The molecule has 0 aliphatic carbocycles. The minimum absolute atomic E-state index is 1.45. The minimum Gasteiger partial charge on any atom is -0.259 e. The van der Waals surface area contributed by atoms with Gasteiger partial charge in [-0.25, -0.2) is 0 Å². The van der Waals surface area contributed by atoms with Gasteiger partial charge in [0.05, 0.1) is 4.92 Å². The largest absolute Gasteiger partial charge is 0.520 e. The average Bonchev–Trinajstić information content (AvgIpc) is 1.31. The lowest BCUT2D eigenvalue weighted by molar-refractivity contribution is -0.546. The van der Waals surface area contributed by atoms with Gasteiger partial charge in [-0.3, -0.25) is 10.1 Å². The molecule has 7 heavy (non-hydrogen) atoms. The molecule has 3 nitrogen and oxygen atoms in total. The van der Waals surface area contributed by atoms with E-state index in [9.17, 15) is 14.5 Å². The quantitative estimate of drug-likeness (QED) is 0.243. The standard InChI is InChI=1S/CCl2FNO2/c2-1(3,4)5(6)7. The lowest BCUT2D eigenvalue weighted by Crippen LogP contribution is -2.16. The molecule has 0 radical (unpaired) electrons. The third kappa shape index (κ3) is 2.59. The second kappa shape index (κ2) is 1.79. The monoisotopic (exact) mass is 147 g/mol. The van der Waals surface area contributed by atoms with E-state index in [1.165, 1.54) is 0 Å². The number of nitro groups is 1. The van der Waals surface area contributed by atoms with Gasteiger partial charge in [-0.15, -0.1) is 4.39 Å². The first-order valence-corrected chi connectivity index (χ1v) is 1.91. The molecule has 0 atom stereocenters. The Bertz CT molecular complexity index is 88.2. The maximum absolute atomic E-state index is 11.3. The lowest BCUT2D eigenvalue weighted by Gasteiger charge is -1.94. The lowest BCUT2D eigenvalue weighted by atomic mass is 11.4. The van der Waals surface area contributed by atoms with E-state index in [4.69, 9.17) is 0 Å². The number of alkyl halides is 3. The average molecular weight is 148 g/mol. The molecule has 6 heteroatoms. The molecule has 0 aromatic heterocycles. The topological polar surface area (TPSA) is 43.1 Å². The fourth-order valence-electron chi connectivity index (χ4n) is 0. The molecule has 0 bridgehead atoms. The van der Waals surface area contributed by atoms with Crippen molar-refractivity contribution in [2.75, 3.05) is 0 Å². The van der Waals surface area contributed by atoms with Crippen molar-refractivity contribution in [3.8, 4) is 0 Å². The van der Waals surface area contributed by atoms with Gasteiger partial charge in [-0.1, -0.05) is 0 Å². The summed E-state index contributed by atoms with van der Waals surface area (Å²) in [6.07, 6.45) is 0. The molecule has 0 aliphatic heterocycles. The van der Waals surface area contributed by atoms with Crippen LogP contribution in [0.4, 0.5) is 4.39 Å². The van der Waals surface area contributed by atoms with Crippen molar-refractivity contribution in [2.45, 2.75) is 4.71 Å². The van der Waals surface area contributed by atoms with E-state index in [2.05, 4.69) is 23.2 Å². The Hall–Kier alpha value is -0.0900. The van der Waals surface area contributed by atoms with Crippen LogP contribution in [0.1, 0.15) is 0 Å². The van der Waals surface area contributed by atoms with Gasteiger partial charge in [0.15, 0.2) is 0 Å². The van der Waals surface area contributed by atoms with Gasteiger partial charge >= 0.3 is 4.71 Å². The van der Waals surface area contributed by atoms with E-state index in [1.54, 1.807) is 0 Å². The van der Waals surface area contributed by atoms with Crippen molar-refractivity contribution in [2.24, 2.45) is 0 Å². The summed E-state index contributed by atoms with van der Waals surface area (Å²) in [5.74, 6) is 0. The molecule has 0 N–H and O–H groups in total. The summed E-state index contributed by atoms with van der Waals surface area (Å²) in [7, 11) is 0. The first kappa shape index (κ1) is 6.91. The number of hydrogen-bond donors (Lipinski definition) is 0. The summed E-state index contributed by atoms with van der Waals surface area (Å²) in [4.78, 5) is 7.74. The predicted molar refractivity (Wildman–Crippen MR) is 22.5 cm³/mol. The number of nitrogens with zero attached hydrogens (tertiary/aromatic N) is 1. The van der Waals surface area contributed by atoms with E-state index in [0.29, 0.717) is 0 Å². The molecule has 42 valence electrons. The van der Waals surface area contributed by atoms with Crippen LogP contribution in [0.3, 0.4) is 0 Å². The van der Waals surface area contributed by atoms with E-state index in [0.717, 1.165) is 0 Å². The molecule has 0 unspecified atom stereocenters. The summed E-state index contributed by atoms with van der Waals surface area (Å²) in [5.41, 5.74) is 0. The van der Waals surface area contributed by atoms with Crippen molar-refractivity contribution >= 4 is 23.2 Å². The highest BCUT2D eigenvalue weighted by atomic mass is 35.5. The molecular formula is CCl2FNO2. The Kier molecular flexibility index (Phi) is 1.77. The van der Waals surface area contributed by atoms with Gasteiger partial charge in [0.25, 0.3) is 0 Å². The van der Waals surface area contributed by atoms with Crippen LogP contribution >= 0.6 is 23.2 Å². The third-order valence-electron chi connectivity index (χ3n) is 0.207. The summed E-state index contributed by atoms with van der Waals surface area (Å²) in [5, 5.41) is 9.19. The van der Waals surface area contributed by atoms with E-state index in [-0.39, 0.29) is 0 Å². The Morgan fingerprint density at radius 3 is 1.86 bits per heavy atom.